The maximum Gasteiger partial charge on any atom is 0.308 e. The largest absolute Gasteiger partial charge is 0.481 e. The number of nitrogens with two attached hydrogens (primary N) is 1. The number of carbonyl (C=O) groups is 2. The second-order valence-corrected chi connectivity index (χ2v) is 4.02. The third-order valence-electron chi connectivity index (χ3n) is 2.65. The number of aliphatic carboxylic acids is 1. The van der Waals surface area contributed by atoms with Crippen LogP contribution in [-0.2, 0) is 9.59 Å². The summed E-state index contributed by atoms with van der Waals surface area (Å²) >= 11 is 0. The number of carboxylic acids is 1. The summed E-state index contributed by atoms with van der Waals surface area (Å²) in [6, 6.07) is 0. The van der Waals surface area contributed by atoms with Gasteiger partial charge in [0.15, 0.2) is 0 Å². The number of amides is 1. The molecule has 0 aliphatic carbocycles. The summed E-state index contributed by atoms with van der Waals surface area (Å²) in [4.78, 5) is 22.3. The van der Waals surface area contributed by atoms with Crippen LogP contribution < -0.4 is 11.1 Å². The van der Waals surface area contributed by atoms with E-state index in [1.807, 2.05) is 6.92 Å². The van der Waals surface area contributed by atoms with E-state index in [0.717, 1.165) is 12.8 Å². The van der Waals surface area contributed by atoms with Crippen molar-refractivity contribution in [2.75, 3.05) is 13.1 Å². The molecule has 0 saturated heterocycles. The van der Waals surface area contributed by atoms with Crippen LogP contribution in [0.4, 0.5) is 0 Å². The van der Waals surface area contributed by atoms with Crippen molar-refractivity contribution in [2.24, 2.45) is 17.6 Å². The fourth-order valence-corrected chi connectivity index (χ4v) is 1.36. The van der Waals surface area contributed by atoms with Crippen molar-refractivity contribution in [3.8, 4) is 0 Å². The lowest BCUT2D eigenvalue weighted by atomic mass is 10.0. The van der Waals surface area contributed by atoms with Crippen LogP contribution in [0.25, 0.3) is 0 Å². The maximum atomic E-state index is 11.5. The molecule has 16 heavy (non-hydrogen) atoms. The van der Waals surface area contributed by atoms with Crippen molar-refractivity contribution in [2.45, 2.75) is 33.1 Å². The van der Waals surface area contributed by atoms with Crippen LogP contribution in [0.3, 0.4) is 0 Å². The average Bonchev–Trinajstić information content (AvgIpc) is 2.25. The van der Waals surface area contributed by atoms with Gasteiger partial charge in [-0.25, -0.2) is 0 Å². The number of nitrogens with one attached hydrogen (secondary N) is 1. The SMILES string of the molecule is CCC(CNC(=O)C(C)CCCN)C(=O)O. The van der Waals surface area contributed by atoms with E-state index in [4.69, 9.17) is 10.8 Å². The minimum Gasteiger partial charge on any atom is -0.481 e. The van der Waals surface area contributed by atoms with Gasteiger partial charge in [-0.2, -0.15) is 0 Å². The van der Waals surface area contributed by atoms with Gasteiger partial charge in [0.2, 0.25) is 5.91 Å². The van der Waals surface area contributed by atoms with Gasteiger partial charge in [0, 0.05) is 12.5 Å². The summed E-state index contributed by atoms with van der Waals surface area (Å²) in [5, 5.41) is 11.5. The standard InChI is InChI=1S/C11H22N2O3/c1-3-9(11(15)16)7-13-10(14)8(2)5-4-6-12/h8-9H,3-7,12H2,1-2H3,(H,13,14)(H,15,16). The minimum atomic E-state index is -0.864. The molecule has 2 atom stereocenters. The highest BCUT2D eigenvalue weighted by atomic mass is 16.4. The van der Waals surface area contributed by atoms with Gasteiger partial charge in [-0.3, -0.25) is 9.59 Å². The summed E-state index contributed by atoms with van der Waals surface area (Å²) in [6.07, 6.45) is 2.07. The molecule has 0 aromatic carbocycles. The van der Waals surface area contributed by atoms with Crippen LogP contribution in [0.5, 0.6) is 0 Å². The molecule has 4 N–H and O–H groups in total. The van der Waals surface area contributed by atoms with Crippen molar-refractivity contribution in [1.29, 1.82) is 0 Å². The van der Waals surface area contributed by atoms with Crippen LogP contribution in [0.2, 0.25) is 0 Å². The van der Waals surface area contributed by atoms with E-state index in [1.54, 1.807) is 6.92 Å². The molecule has 0 spiro atoms. The van der Waals surface area contributed by atoms with Gasteiger partial charge in [0.1, 0.15) is 0 Å². The number of carbonyl (C=O) groups excluding carboxylic acids is 1. The fraction of sp³-hybridized carbons (Fsp3) is 0.818. The highest BCUT2D eigenvalue weighted by Gasteiger charge is 2.18. The molecule has 0 radical (unpaired) electrons. The first kappa shape index (κ1) is 14.9. The maximum absolute atomic E-state index is 11.5. The Morgan fingerprint density at radius 1 is 1.44 bits per heavy atom. The van der Waals surface area contributed by atoms with E-state index in [1.165, 1.54) is 0 Å². The zero-order chi connectivity index (χ0) is 12.6. The molecule has 5 nitrogen and oxygen atoms in total. The van der Waals surface area contributed by atoms with Crippen molar-refractivity contribution in [3.05, 3.63) is 0 Å². The van der Waals surface area contributed by atoms with E-state index in [2.05, 4.69) is 5.32 Å². The molecule has 2 unspecified atom stereocenters. The highest BCUT2D eigenvalue weighted by molar-refractivity contribution is 5.79. The zero-order valence-corrected chi connectivity index (χ0v) is 10.0. The van der Waals surface area contributed by atoms with Crippen molar-refractivity contribution in [1.82, 2.24) is 5.32 Å². The fourth-order valence-electron chi connectivity index (χ4n) is 1.36. The van der Waals surface area contributed by atoms with Crippen LogP contribution in [0.1, 0.15) is 33.1 Å². The molecule has 0 bridgehead atoms. The minimum absolute atomic E-state index is 0.0897. The number of hydrogen-bond donors (Lipinski definition) is 3. The Morgan fingerprint density at radius 2 is 2.06 bits per heavy atom. The monoisotopic (exact) mass is 230 g/mol. The van der Waals surface area contributed by atoms with E-state index in [-0.39, 0.29) is 18.4 Å². The second kappa shape index (κ2) is 8.10. The third kappa shape index (κ3) is 5.70. The smallest absolute Gasteiger partial charge is 0.308 e. The third-order valence-corrected chi connectivity index (χ3v) is 2.65. The Bertz CT molecular complexity index is 231. The lowest BCUT2D eigenvalue weighted by Crippen LogP contribution is -2.35. The highest BCUT2D eigenvalue weighted by Crippen LogP contribution is 2.06. The van der Waals surface area contributed by atoms with Gasteiger partial charge in [-0.15, -0.1) is 0 Å². The van der Waals surface area contributed by atoms with E-state index in [9.17, 15) is 9.59 Å². The summed E-state index contributed by atoms with van der Waals surface area (Å²) in [6.45, 7) is 4.40. The lowest BCUT2D eigenvalue weighted by molar-refractivity contribution is -0.141. The molecule has 0 saturated carbocycles. The van der Waals surface area contributed by atoms with Crippen LogP contribution in [0, 0.1) is 11.8 Å². The van der Waals surface area contributed by atoms with Crippen LogP contribution in [0.15, 0.2) is 0 Å². The van der Waals surface area contributed by atoms with Crippen LogP contribution >= 0.6 is 0 Å². The van der Waals surface area contributed by atoms with Crippen molar-refractivity contribution >= 4 is 11.9 Å². The normalized spacial score (nSPS) is 14.2. The molecule has 1 amide bonds. The molecule has 5 heteroatoms. The van der Waals surface area contributed by atoms with E-state index >= 15 is 0 Å². The topological polar surface area (TPSA) is 92.4 Å². The molecule has 94 valence electrons. The first-order valence-electron chi connectivity index (χ1n) is 5.73. The number of carboxylic acid groups (broad SMARTS) is 1. The number of hydrogen-bond acceptors (Lipinski definition) is 3. The van der Waals surface area contributed by atoms with Gasteiger partial charge in [-0.05, 0) is 25.8 Å². The Morgan fingerprint density at radius 3 is 2.50 bits per heavy atom. The molecule has 0 rings (SSSR count). The molecule has 0 fully saturated rings. The molecule has 0 aliphatic heterocycles. The van der Waals surface area contributed by atoms with Crippen molar-refractivity contribution < 1.29 is 14.7 Å². The summed E-state index contributed by atoms with van der Waals surface area (Å²) < 4.78 is 0. The Kier molecular flexibility index (Phi) is 7.54. The van der Waals surface area contributed by atoms with Crippen LogP contribution in [-0.4, -0.2) is 30.1 Å². The lowest BCUT2D eigenvalue weighted by Gasteiger charge is -2.14. The first-order valence-corrected chi connectivity index (χ1v) is 5.73. The molecular weight excluding hydrogens is 208 g/mol. The second-order valence-electron chi connectivity index (χ2n) is 4.02. The Balaban J connectivity index is 3.91. The quantitative estimate of drug-likeness (QED) is 0.569. The molecule has 0 aromatic heterocycles. The molecule has 0 heterocycles. The molecular formula is C11H22N2O3. The van der Waals surface area contributed by atoms with Crippen molar-refractivity contribution in [3.63, 3.8) is 0 Å². The predicted molar refractivity (Wildman–Crippen MR) is 61.9 cm³/mol. The summed E-state index contributed by atoms with van der Waals surface area (Å²) in [7, 11) is 0. The average molecular weight is 230 g/mol. The summed E-state index contributed by atoms with van der Waals surface area (Å²) in [5.41, 5.74) is 5.35. The first-order chi connectivity index (χ1) is 7.52. The van der Waals surface area contributed by atoms with Gasteiger partial charge in [0.05, 0.1) is 5.92 Å². The van der Waals surface area contributed by atoms with Gasteiger partial charge in [-0.1, -0.05) is 13.8 Å². The number of rotatable bonds is 8. The molecule has 0 aliphatic rings. The molecule has 0 aromatic rings. The predicted octanol–water partition coefficient (Wildman–Crippen LogP) is 0.588. The van der Waals surface area contributed by atoms with E-state index < -0.39 is 11.9 Å². The van der Waals surface area contributed by atoms with E-state index in [0.29, 0.717) is 13.0 Å². The summed E-state index contributed by atoms with van der Waals surface area (Å²) in [5.74, 6) is -1.55. The zero-order valence-electron chi connectivity index (χ0n) is 10.0. The Hall–Kier alpha value is -1.10. The van der Waals surface area contributed by atoms with Gasteiger partial charge >= 0.3 is 5.97 Å². The van der Waals surface area contributed by atoms with Gasteiger partial charge in [0.25, 0.3) is 0 Å². The Labute approximate surface area is 96.4 Å². The van der Waals surface area contributed by atoms with Gasteiger partial charge < -0.3 is 16.2 Å².